The van der Waals surface area contributed by atoms with Crippen LogP contribution < -0.4 is 9.64 Å². The van der Waals surface area contributed by atoms with E-state index in [0.717, 1.165) is 10.4 Å². The van der Waals surface area contributed by atoms with Crippen molar-refractivity contribution in [2.75, 3.05) is 12.0 Å². The number of aryl methyl sites for hydroxylation is 1. The number of halogens is 1. The van der Waals surface area contributed by atoms with Crippen molar-refractivity contribution < 1.29 is 19.4 Å². The van der Waals surface area contributed by atoms with Gasteiger partial charge in [-0.2, -0.15) is 0 Å². The number of ketones is 1. The molecule has 0 saturated carbocycles. The van der Waals surface area contributed by atoms with Crippen LogP contribution in [0.15, 0.2) is 65.6 Å². The maximum absolute atomic E-state index is 13.1. The number of anilines is 1. The van der Waals surface area contributed by atoms with Gasteiger partial charge in [-0.3, -0.25) is 14.5 Å². The van der Waals surface area contributed by atoms with Gasteiger partial charge in [-0.25, -0.2) is 0 Å². The molecule has 1 N–H and O–H groups in total. The highest BCUT2D eigenvalue weighted by Gasteiger charge is 2.48. The van der Waals surface area contributed by atoms with E-state index in [0.29, 0.717) is 16.5 Å². The van der Waals surface area contributed by atoms with Crippen LogP contribution in [0.2, 0.25) is 5.02 Å². The van der Waals surface area contributed by atoms with Crippen molar-refractivity contribution in [2.45, 2.75) is 13.0 Å². The molecule has 1 aliphatic rings. The number of carbonyl (C=O) groups excluding carboxylic acids is 2. The van der Waals surface area contributed by atoms with E-state index in [9.17, 15) is 14.7 Å². The molecule has 1 aromatic heterocycles. The van der Waals surface area contributed by atoms with Crippen LogP contribution in [0.4, 0.5) is 5.69 Å². The summed E-state index contributed by atoms with van der Waals surface area (Å²) in [5, 5.41) is 13.4. The van der Waals surface area contributed by atoms with Crippen LogP contribution in [-0.2, 0) is 9.59 Å². The zero-order valence-corrected chi connectivity index (χ0v) is 17.8. The molecule has 0 spiro atoms. The molecule has 1 atom stereocenters. The summed E-state index contributed by atoms with van der Waals surface area (Å²) in [5.41, 5.74) is 1.73. The minimum Gasteiger partial charge on any atom is -0.507 e. The minimum atomic E-state index is -0.755. The van der Waals surface area contributed by atoms with Crippen molar-refractivity contribution in [3.05, 3.63) is 86.6 Å². The van der Waals surface area contributed by atoms with E-state index in [1.165, 1.54) is 29.4 Å². The Balaban J connectivity index is 1.98. The maximum atomic E-state index is 13.1. The van der Waals surface area contributed by atoms with Crippen molar-refractivity contribution in [3.63, 3.8) is 0 Å². The number of hydrogen-bond donors (Lipinski definition) is 1. The van der Waals surface area contributed by atoms with Gasteiger partial charge in [-0.1, -0.05) is 35.9 Å². The number of thiophene rings is 1. The van der Waals surface area contributed by atoms with Crippen molar-refractivity contribution in [1.29, 1.82) is 0 Å². The first-order valence-electron chi connectivity index (χ1n) is 9.18. The predicted molar refractivity (Wildman–Crippen MR) is 118 cm³/mol. The van der Waals surface area contributed by atoms with Crippen LogP contribution in [0.5, 0.6) is 5.75 Å². The van der Waals surface area contributed by atoms with Crippen molar-refractivity contribution in [2.24, 2.45) is 0 Å². The molecule has 3 aromatic rings. The summed E-state index contributed by atoms with van der Waals surface area (Å²) in [6, 6.07) is 15.0. The summed E-state index contributed by atoms with van der Waals surface area (Å²) in [7, 11) is 1.46. The molecule has 7 heteroatoms. The Morgan fingerprint density at radius 2 is 1.90 bits per heavy atom. The Kier molecular flexibility index (Phi) is 5.37. The number of hydrogen-bond acceptors (Lipinski definition) is 5. The fourth-order valence-corrected chi connectivity index (χ4v) is 4.64. The molecule has 2 heterocycles. The average Bonchev–Trinajstić information content (AvgIpc) is 3.35. The number of benzene rings is 2. The second-order valence-electron chi connectivity index (χ2n) is 6.82. The van der Waals surface area contributed by atoms with Crippen LogP contribution in [0.3, 0.4) is 0 Å². The number of carbonyl (C=O) groups is 2. The predicted octanol–water partition coefficient (Wildman–Crippen LogP) is 5.34. The number of methoxy groups -OCH3 is 1. The number of rotatable bonds is 4. The molecular weight excluding hydrogens is 422 g/mol. The fraction of sp³-hybridized carbons (Fsp3) is 0.130. The topological polar surface area (TPSA) is 66.8 Å². The first kappa shape index (κ1) is 20.2. The quantitative estimate of drug-likeness (QED) is 0.338. The molecule has 2 aromatic carbocycles. The Morgan fingerprint density at radius 3 is 2.57 bits per heavy atom. The maximum Gasteiger partial charge on any atom is 0.300 e. The fourth-order valence-electron chi connectivity index (χ4n) is 3.64. The molecule has 1 amide bonds. The van der Waals surface area contributed by atoms with Gasteiger partial charge in [0.2, 0.25) is 0 Å². The van der Waals surface area contributed by atoms with E-state index in [-0.39, 0.29) is 16.9 Å². The molecule has 30 heavy (non-hydrogen) atoms. The van der Waals surface area contributed by atoms with Crippen LogP contribution in [0, 0.1) is 6.92 Å². The molecular formula is C23H18ClNO4S. The number of nitrogens with zero attached hydrogens (tertiary/aromatic N) is 1. The molecule has 5 nitrogen and oxygen atoms in total. The third kappa shape index (κ3) is 3.28. The normalized spacial score (nSPS) is 18.1. The van der Waals surface area contributed by atoms with E-state index in [1.54, 1.807) is 18.2 Å². The summed E-state index contributed by atoms with van der Waals surface area (Å²) in [4.78, 5) is 28.5. The summed E-state index contributed by atoms with van der Waals surface area (Å²) < 4.78 is 5.34. The SMILES string of the molecule is COc1ccc(Cl)cc1/C(O)=C1/C(=O)C(=O)N(c2ccccc2C)C1c1cccs1. The van der Waals surface area contributed by atoms with E-state index in [4.69, 9.17) is 16.3 Å². The number of aliphatic hydroxyl groups excluding tert-OH is 1. The van der Waals surface area contributed by atoms with Gasteiger partial charge in [0, 0.05) is 15.6 Å². The highest BCUT2D eigenvalue weighted by molar-refractivity contribution is 7.10. The number of para-hydroxylation sites is 1. The lowest BCUT2D eigenvalue weighted by Gasteiger charge is -2.25. The number of aliphatic hydroxyl groups is 1. The van der Waals surface area contributed by atoms with Crippen molar-refractivity contribution in [1.82, 2.24) is 0 Å². The van der Waals surface area contributed by atoms with E-state index >= 15 is 0 Å². The van der Waals surface area contributed by atoms with Crippen LogP contribution in [-0.4, -0.2) is 23.9 Å². The first-order valence-corrected chi connectivity index (χ1v) is 10.4. The molecule has 1 unspecified atom stereocenters. The van der Waals surface area contributed by atoms with Gasteiger partial charge in [0.25, 0.3) is 11.7 Å². The van der Waals surface area contributed by atoms with E-state index < -0.39 is 17.7 Å². The number of ether oxygens (including phenoxy) is 1. The number of Topliss-reactive ketones (excluding diaryl/α,β-unsaturated/α-hetero) is 1. The molecule has 0 bridgehead atoms. The Bertz CT molecular complexity index is 1170. The Morgan fingerprint density at radius 1 is 1.13 bits per heavy atom. The highest BCUT2D eigenvalue weighted by atomic mass is 35.5. The Hall–Kier alpha value is -3.09. The van der Waals surface area contributed by atoms with Crippen LogP contribution in [0.1, 0.15) is 22.0 Å². The van der Waals surface area contributed by atoms with Gasteiger partial charge in [-0.15, -0.1) is 11.3 Å². The average molecular weight is 440 g/mol. The summed E-state index contributed by atoms with van der Waals surface area (Å²) in [5.74, 6) is -1.41. The van der Waals surface area contributed by atoms with Crippen LogP contribution in [0.25, 0.3) is 5.76 Å². The molecule has 1 fully saturated rings. The molecule has 1 aliphatic heterocycles. The smallest absolute Gasteiger partial charge is 0.300 e. The molecule has 1 saturated heterocycles. The van der Waals surface area contributed by atoms with Gasteiger partial charge in [0.1, 0.15) is 17.6 Å². The van der Waals surface area contributed by atoms with Gasteiger partial charge in [-0.05, 0) is 48.2 Å². The summed E-state index contributed by atoms with van der Waals surface area (Å²) in [6.07, 6.45) is 0. The Labute approximate surface area is 182 Å². The monoisotopic (exact) mass is 439 g/mol. The largest absolute Gasteiger partial charge is 0.507 e. The zero-order chi connectivity index (χ0) is 21.4. The lowest BCUT2D eigenvalue weighted by Crippen LogP contribution is -2.29. The van der Waals surface area contributed by atoms with Crippen molar-refractivity contribution >= 4 is 46.1 Å². The van der Waals surface area contributed by atoms with Gasteiger partial charge >= 0.3 is 0 Å². The standard InChI is InChI=1S/C23H18ClNO4S/c1-13-6-3-4-7-16(13)25-20(18-8-5-11-30-18)19(22(27)23(25)28)21(26)15-12-14(24)9-10-17(15)29-2/h3-12,20,26H,1-2H3/b21-19-. The van der Waals surface area contributed by atoms with Crippen molar-refractivity contribution in [3.8, 4) is 5.75 Å². The lowest BCUT2D eigenvalue weighted by molar-refractivity contribution is -0.132. The summed E-state index contributed by atoms with van der Waals surface area (Å²) in [6.45, 7) is 1.88. The third-order valence-electron chi connectivity index (χ3n) is 5.05. The van der Waals surface area contributed by atoms with Gasteiger partial charge in [0.15, 0.2) is 0 Å². The third-order valence-corrected chi connectivity index (χ3v) is 6.21. The number of amides is 1. The second-order valence-corrected chi connectivity index (χ2v) is 8.23. The molecule has 152 valence electrons. The highest BCUT2D eigenvalue weighted by Crippen LogP contribution is 2.45. The van der Waals surface area contributed by atoms with Crippen LogP contribution >= 0.6 is 22.9 Å². The van der Waals surface area contributed by atoms with Gasteiger partial charge < -0.3 is 9.84 Å². The van der Waals surface area contributed by atoms with E-state index in [1.807, 2.05) is 42.6 Å². The minimum absolute atomic E-state index is 0.00581. The molecule has 4 rings (SSSR count). The zero-order valence-electron chi connectivity index (χ0n) is 16.3. The van der Waals surface area contributed by atoms with Gasteiger partial charge in [0.05, 0.1) is 18.2 Å². The summed E-state index contributed by atoms with van der Waals surface area (Å²) >= 11 is 7.53. The lowest BCUT2D eigenvalue weighted by atomic mass is 9.99. The van der Waals surface area contributed by atoms with E-state index in [2.05, 4.69) is 0 Å². The molecule has 0 aliphatic carbocycles. The molecule has 0 radical (unpaired) electrons. The first-order chi connectivity index (χ1) is 14.4. The second kappa shape index (κ2) is 7.97.